The summed E-state index contributed by atoms with van der Waals surface area (Å²) in [4.78, 5) is 32.0. The highest BCUT2D eigenvalue weighted by atomic mass is 79.9. The zero-order valence-electron chi connectivity index (χ0n) is 16.8. The lowest BCUT2D eigenvalue weighted by atomic mass is 10.2. The number of amides is 1. The van der Waals surface area contributed by atoms with Crippen LogP contribution in [-0.2, 0) is 11.3 Å². The molecule has 1 aliphatic rings. The molecule has 156 valence electrons. The van der Waals surface area contributed by atoms with Crippen LogP contribution in [0.3, 0.4) is 0 Å². The summed E-state index contributed by atoms with van der Waals surface area (Å²) in [5.41, 5.74) is 2.41. The molecule has 0 atom stereocenters. The van der Waals surface area contributed by atoms with Crippen molar-refractivity contribution in [2.24, 2.45) is 0 Å². The van der Waals surface area contributed by atoms with Gasteiger partial charge in [0.2, 0.25) is 5.91 Å². The maximum absolute atomic E-state index is 12.7. The zero-order valence-corrected chi connectivity index (χ0v) is 18.4. The minimum atomic E-state index is -0.140. The van der Waals surface area contributed by atoms with Crippen molar-refractivity contribution in [3.63, 3.8) is 0 Å². The molecule has 7 heteroatoms. The Hall–Kier alpha value is -2.67. The molecule has 2 heterocycles. The number of carbonyl (C=O) groups excluding carboxylic acids is 1. The third-order valence-electron chi connectivity index (χ3n) is 5.49. The van der Waals surface area contributed by atoms with Crippen LogP contribution >= 0.6 is 15.9 Å². The molecule has 0 saturated carbocycles. The van der Waals surface area contributed by atoms with Crippen LogP contribution < -0.4 is 15.8 Å². The van der Waals surface area contributed by atoms with Crippen LogP contribution in [0.15, 0.2) is 58.1 Å². The first kappa shape index (κ1) is 20.6. The number of fused-ring (bicyclic) bond motifs is 1. The Morgan fingerprint density at radius 3 is 2.63 bits per heavy atom. The molecule has 1 fully saturated rings. The minimum Gasteiger partial charge on any atom is -0.370 e. The van der Waals surface area contributed by atoms with E-state index in [2.05, 4.69) is 37.2 Å². The van der Waals surface area contributed by atoms with Crippen LogP contribution in [-0.4, -0.2) is 28.5 Å². The van der Waals surface area contributed by atoms with Gasteiger partial charge in [0.25, 0.3) is 5.56 Å². The largest absolute Gasteiger partial charge is 0.370 e. The van der Waals surface area contributed by atoms with E-state index in [1.165, 1.54) is 36.6 Å². The van der Waals surface area contributed by atoms with Gasteiger partial charge in [-0.25, -0.2) is 4.98 Å². The molecule has 0 radical (unpaired) electrons. The van der Waals surface area contributed by atoms with Crippen LogP contribution in [0.2, 0.25) is 0 Å². The molecule has 0 spiro atoms. The SMILES string of the molecule is O=C(CCn1cnc2ccc(Br)cc2c1=O)Nc1ccccc1N1CCCCCC1. The maximum atomic E-state index is 12.7. The van der Waals surface area contributed by atoms with Crippen molar-refractivity contribution in [1.29, 1.82) is 0 Å². The Bertz CT molecular complexity index is 1100. The molecule has 3 aromatic rings. The highest BCUT2D eigenvalue weighted by Gasteiger charge is 2.15. The van der Waals surface area contributed by atoms with Gasteiger partial charge in [-0.05, 0) is 43.2 Å². The van der Waals surface area contributed by atoms with E-state index in [1.54, 1.807) is 12.1 Å². The molecule has 1 saturated heterocycles. The smallest absolute Gasteiger partial charge is 0.261 e. The molecule has 0 unspecified atom stereocenters. The topological polar surface area (TPSA) is 67.2 Å². The second kappa shape index (κ2) is 9.43. The lowest BCUT2D eigenvalue weighted by molar-refractivity contribution is -0.116. The number of hydrogen-bond donors (Lipinski definition) is 1. The number of aryl methyl sites for hydroxylation is 1. The fourth-order valence-corrected chi connectivity index (χ4v) is 4.25. The van der Waals surface area contributed by atoms with Crippen LogP contribution in [0, 0.1) is 0 Å². The molecular formula is C23H25BrN4O2. The number of aromatic nitrogens is 2. The van der Waals surface area contributed by atoms with Crippen molar-refractivity contribution in [2.75, 3.05) is 23.3 Å². The summed E-state index contributed by atoms with van der Waals surface area (Å²) in [7, 11) is 0. The van der Waals surface area contributed by atoms with E-state index in [4.69, 9.17) is 0 Å². The average Bonchev–Trinajstić information content (AvgIpc) is 3.03. The predicted octanol–water partition coefficient (Wildman–Crippen LogP) is 4.57. The van der Waals surface area contributed by atoms with Crippen LogP contribution in [0.4, 0.5) is 11.4 Å². The number of hydrogen-bond acceptors (Lipinski definition) is 4. The summed E-state index contributed by atoms with van der Waals surface area (Å²) in [6.07, 6.45) is 6.59. The van der Waals surface area contributed by atoms with E-state index in [0.717, 1.165) is 28.9 Å². The van der Waals surface area contributed by atoms with Gasteiger partial charge in [0, 0.05) is 30.5 Å². The number of para-hydroxylation sites is 2. The number of rotatable bonds is 5. The molecule has 2 aromatic carbocycles. The van der Waals surface area contributed by atoms with Crippen molar-refractivity contribution in [3.05, 3.63) is 63.6 Å². The molecule has 6 nitrogen and oxygen atoms in total. The van der Waals surface area contributed by atoms with E-state index in [-0.39, 0.29) is 24.4 Å². The van der Waals surface area contributed by atoms with Gasteiger partial charge in [0.1, 0.15) is 0 Å². The van der Waals surface area contributed by atoms with Crippen molar-refractivity contribution >= 4 is 44.1 Å². The quantitative estimate of drug-likeness (QED) is 0.595. The molecule has 1 N–H and O–H groups in total. The first-order valence-corrected chi connectivity index (χ1v) is 11.2. The lowest BCUT2D eigenvalue weighted by Crippen LogP contribution is -2.26. The Labute approximate surface area is 184 Å². The summed E-state index contributed by atoms with van der Waals surface area (Å²) in [5, 5.41) is 3.58. The summed E-state index contributed by atoms with van der Waals surface area (Å²) >= 11 is 3.39. The van der Waals surface area contributed by atoms with E-state index in [0.29, 0.717) is 10.9 Å². The number of halogens is 1. The lowest BCUT2D eigenvalue weighted by Gasteiger charge is -2.25. The summed E-state index contributed by atoms with van der Waals surface area (Å²) in [6.45, 7) is 2.31. The summed E-state index contributed by atoms with van der Waals surface area (Å²) < 4.78 is 2.32. The molecule has 1 aliphatic heterocycles. The van der Waals surface area contributed by atoms with Gasteiger partial charge in [-0.3, -0.25) is 14.2 Å². The third-order valence-corrected chi connectivity index (χ3v) is 5.98. The number of nitrogens with zero attached hydrogens (tertiary/aromatic N) is 3. The van der Waals surface area contributed by atoms with Gasteiger partial charge >= 0.3 is 0 Å². The van der Waals surface area contributed by atoms with Crippen molar-refractivity contribution in [2.45, 2.75) is 38.6 Å². The highest BCUT2D eigenvalue weighted by molar-refractivity contribution is 9.10. The van der Waals surface area contributed by atoms with Crippen LogP contribution in [0.5, 0.6) is 0 Å². The Morgan fingerprint density at radius 1 is 1.07 bits per heavy atom. The number of anilines is 2. The Morgan fingerprint density at radius 2 is 1.83 bits per heavy atom. The molecule has 0 bridgehead atoms. The standard InChI is InChI=1S/C23H25BrN4O2/c24-17-9-10-19-18(15-17)23(30)28(16-25-19)14-11-22(29)26-20-7-3-4-8-21(20)27-12-5-1-2-6-13-27/h3-4,7-10,15-16H,1-2,5-6,11-14H2,(H,26,29). The first-order valence-electron chi connectivity index (χ1n) is 10.4. The number of carbonyl (C=O) groups is 1. The van der Waals surface area contributed by atoms with Gasteiger partial charge in [-0.1, -0.05) is 40.9 Å². The second-order valence-electron chi connectivity index (χ2n) is 7.62. The fourth-order valence-electron chi connectivity index (χ4n) is 3.89. The Balaban J connectivity index is 1.45. The van der Waals surface area contributed by atoms with Crippen LogP contribution in [0.25, 0.3) is 10.9 Å². The van der Waals surface area contributed by atoms with E-state index >= 15 is 0 Å². The van der Waals surface area contributed by atoms with E-state index < -0.39 is 0 Å². The highest BCUT2D eigenvalue weighted by Crippen LogP contribution is 2.28. The first-order chi connectivity index (χ1) is 14.6. The maximum Gasteiger partial charge on any atom is 0.261 e. The van der Waals surface area contributed by atoms with Gasteiger partial charge in [0.15, 0.2) is 0 Å². The zero-order chi connectivity index (χ0) is 20.9. The van der Waals surface area contributed by atoms with Gasteiger partial charge < -0.3 is 10.2 Å². The summed E-state index contributed by atoms with van der Waals surface area (Å²) in [5.74, 6) is -0.112. The molecule has 30 heavy (non-hydrogen) atoms. The normalized spacial score (nSPS) is 14.5. The van der Waals surface area contributed by atoms with E-state index in [1.807, 2.05) is 24.3 Å². The monoisotopic (exact) mass is 468 g/mol. The van der Waals surface area contributed by atoms with E-state index in [9.17, 15) is 9.59 Å². The van der Waals surface area contributed by atoms with Crippen LogP contribution in [0.1, 0.15) is 32.1 Å². The predicted molar refractivity (Wildman–Crippen MR) is 124 cm³/mol. The minimum absolute atomic E-state index is 0.112. The summed E-state index contributed by atoms with van der Waals surface area (Å²) in [6, 6.07) is 13.4. The Kier molecular flexibility index (Phi) is 6.47. The molecule has 0 aliphatic carbocycles. The fraction of sp³-hybridized carbons (Fsp3) is 0.348. The molecule has 4 rings (SSSR count). The van der Waals surface area contributed by atoms with Crippen molar-refractivity contribution in [3.8, 4) is 0 Å². The third kappa shape index (κ3) is 4.73. The molecule has 1 amide bonds. The van der Waals surface area contributed by atoms with Gasteiger partial charge in [-0.2, -0.15) is 0 Å². The van der Waals surface area contributed by atoms with Crippen molar-refractivity contribution in [1.82, 2.24) is 9.55 Å². The molecular weight excluding hydrogens is 444 g/mol. The van der Waals surface area contributed by atoms with Crippen molar-refractivity contribution < 1.29 is 4.79 Å². The number of nitrogens with one attached hydrogen (secondary N) is 1. The van der Waals surface area contributed by atoms with Gasteiger partial charge in [0.05, 0.1) is 28.6 Å². The van der Waals surface area contributed by atoms with Gasteiger partial charge in [-0.15, -0.1) is 0 Å². The molecule has 1 aromatic heterocycles. The average molecular weight is 469 g/mol. The second-order valence-corrected chi connectivity index (χ2v) is 8.54. The number of benzene rings is 2.